The van der Waals surface area contributed by atoms with Gasteiger partial charge in [0.15, 0.2) is 0 Å². The van der Waals surface area contributed by atoms with Crippen molar-refractivity contribution in [1.29, 1.82) is 0 Å². The molecule has 0 aromatic rings. The molecule has 0 bridgehead atoms. The molecule has 0 atom stereocenters. The smallest absolute Gasteiger partial charge is 0.123 e. The van der Waals surface area contributed by atoms with Crippen LogP contribution in [0.15, 0.2) is 59.9 Å². The largest absolute Gasteiger partial charge is 0.507 e. The van der Waals surface area contributed by atoms with E-state index in [1.54, 1.807) is 18.2 Å². The molecular weight excluding hydrogens is 172 g/mol. The predicted molar refractivity (Wildman–Crippen MR) is 63.2 cm³/mol. The Bertz CT molecular complexity index is 301. The molecule has 0 saturated heterocycles. The van der Waals surface area contributed by atoms with Gasteiger partial charge in [-0.3, -0.25) is 0 Å². The van der Waals surface area contributed by atoms with Gasteiger partial charge in [0.05, 0.1) is 0 Å². The second-order valence-corrected chi connectivity index (χ2v) is 2.75. The highest BCUT2D eigenvalue weighted by molar-refractivity contribution is 5.49. The van der Waals surface area contributed by atoms with E-state index in [9.17, 15) is 5.11 Å². The Morgan fingerprint density at radius 3 is 2.00 bits per heavy atom. The van der Waals surface area contributed by atoms with E-state index in [0.717, 1.165) is 11.1 Å². The third kappa shape index (κ3) is 3.48. The van der Waals surface area contributed by atoms with Crippen molar-refractivity contribution in [2.45, 2.75) is 20.8 Å². The van der Waals surface area contributed by atoms with Gasteiger partial charge in [0.2, 0.25) is 0 Å². The summed E-state index contributed by atoms with van der Waals surface area (Å²) in [6.07, 6.45) is 10.9. The van der Waals surface area contributed by atoms with Gasteiger partial charge >= 0.3 is 0 Å². The summed E-state index contributed by atoms with van der Waals surface area (Å²) in [7, 11) is 0. The molecule has 1 N–H and O–H groups in total. The number of rotatable bonds is 4. The molecule has 0 rings (SSSR count). The fourth-order valence-electron chi connectivity index (χ4n) is 1.13. The molecule has 1 heteroatoms. The maximum absolute atomic E-state index is 9.73. The summed E-state index contributed by atoms with van der Waals surface area (Å²) < 4.78 is 0. The van der Waals surface area contributed by atoms with Gasteiger partial charge in [-0.2, -0.15) is 0 Å². The first-order valence-corrected chi connectivity index (χ1v) is 4.69. The molecule has 0 aromatic carbocycles. The SMILES string of the molecule is C=CC(=C/C)/C(/C=C\C)=C(O)\C=C/C. The topological polar surface area (TPSA) is 20.2 Å². The second kappa shape index (κ2) is 6.96. The second-order valence-electron chi connectivity index (χ2n) is 2.75. The van der Waals surface area contributed by atoms with E-state index in [1.807, 2.05) is 39.0 Å². The zero-order valence-electron chi connectivity index (χ0n) is 9.12. The zero-order valence-corrected chi connectivity index (χ0v) is 9.12. The Morgan fingerprint density at radius 1 is 1.07 bits per heavy atom. The molecule has 0 saturated carbocycles. The van der Waals surface area contributed by atoms with Crippen molar-refractivity contribution in [2.75, 3.05) is 0 Å². The van der Waals surface area contributed by atoms with E-state index in [2.05, 4.69) is 6.58 Å². The van der Waals surface area contributed by atoms with Crippen LogP contribution in [0.3, 0.4) is 0 Å². The Morgan fingerprint density at radius 2 is 1.64 bits per heavy atom. The maximum Gasteiger partial charge on any atom is 0.123 e. The minimum absolute atomic E-state index is 0.263. The predicted octanol–water partition coefficient (Wildman–Crippen LogP) is 4.08. The van der Waals surface area contributed by atoms with Crippen LogP contribution < -0.4 is 0 Å². The van der Waals surface area contributed by atoms with E-state index in [1.165, 1.54) is 0 Å². The lowest BCUT2D eigenvalue weighted by atomic mass is 10.0. The Kier molecular flexibility index (Phi) is 6.21. The van der Waals surface area contributed by atoms with Crippen LogP contribution in [0.4, 0.5) is 0 Å². The number of hydrogen-bond donors (Lipinski definition) is 1. The minimum Gasteiger partial charge on any atom is -0.507 e. The standard InChI is InChI=1S/C13H18O/c1-5-9-12(11(7-3)8-4)13(14)10-6-2/h5-10,14H,3H2,1-2,4H3/b9-5-,10-6-,11-8-,13-12+. The van der Waals surface area contributed by atoms with Crippen molar-refractivity contribution < 1.29 is 5.11 Å². The molecule has 0 heterocycles. The zero-order chi connectivity index (χ0) is 11.0. The van der Waals surface area contributed by atoms with Gasteiger partial charge in [-0.25, -0.2) is 0 Å². The van der Waals surface area contributed by atoms with E-state index in [-0.39, 0.29) is 5.76 Å². The van der Waals surface area contributed by atoms with Gasteiger partial charge < -0.3 is 5.11 Å². The van der Waals surface area contributed by atoms with Gasteiger partial charge in [-0.1, -0.05) is 37.0 Å². The molecule has 76 valence electrons. The van der Waals surface area contributed by atoms with Crippen LogP contribution in [0, 0.1) is 0 Å². The summed E-state index contributed by atoms with van der Waals surface area (Å²) in [6.45, 7) is 9.41. The van der Waals surface area contributed by atoms with Gasteiger partial charge in [0.1, 0.15) is 5.76 Å². The highest BCUT2D eigenvalue weighted by Gasteiger charge is 2.01. The lowest BCUT2D eigenvalue weighted by molar-refractivity contribution is 0.428. The molecule has 0 aliphatic rings. The van der Waals surface area contributed by atoms with E-state index in [4.69, 9.17) is 0 Å². The van der Waals surface area contributed by atoms with Gasteiger partial charge in [-0.05, 0) is 32.4 Å². The summed E-state index contributed by atoms with van der Waals surface area (Å²) in [4.78, 5) is 0. The molecule has 0 spiro atoms. The Labute approximate surface area is 86.5 Å². The fourth-order valence-corrected chi connectivity index (χ4v) is 1.13. The number of allylic oxidation sites excluding steroid dienone is 8. The average Bonchev–Trinajstić information content (AvgIpc) is 2.18. The van der Waals surface area contributed by atoms with Crippen molar-refractivity contribution in [1.82, 2.24) is 0 Å². The third-order valence-corrected chi connectivity index (χ3v) is 1.78. The van der Waals surface area contributed by atoms with Crippen LogP contribution in [0.25, 0.3) is 0 Å². The van der Waals surface area contributed by atoms with Crippen molar-refractivity contribution in [3.8, 4) is 0 Å². The molecule has 0 unspecified atom stereocenters. The summed E-state index contributed by atoms with van der Waals surface area (Å²) in [5.41, 5.74) is 1.72. The highest BCUT2D eigenvalue weighted by Crippen LogP contribution is 2.17. The molecule has 0 fully saturated rings. The molecule has 0 radical (unpaired) electrons. The molecule has 1 nitrogen and oxygen atoms in total. The number of aliphatic hydroxyl groups excluding tert-OH is 1. The van der Waals surface area contributed by atoms with Gasteiger partial charge in [0, 0.05) is 5.57 Å². The van der Waals surface area contributed by atoms with Gasteiger partial charge in [-0.15, -0.1) is 0 Å². The lowest BCUT2D eigenvalue weighted by Gasteiger charge is -2.04. The molecule has 0 aliphatic heterocycles. The quantitative estimate of drug-likeness (QED) is 0.523. The van der Waals surface area contributed by atoms with Crippen LogP contribution in [-0.4, -0.2) is 5.11 Å². The van der Waals surface area contributed by atoms with Crippen LogP contribution in [0.1, 0.15) is 20.8 Å². The summed E-state index contributed by atoms with van der Waals surface area (Å²) in [6, 6.07) is 0. The van der Waals surface area contributed by atoms with E-state index >= 15 is 0 Å². The summed E-state index contributed by atoms with van der Waals surface area (Å²) >= 11 is 0. The van der Waals surface area contributed by atoms with E-state index in [0.29, 0.717) is 0 Å². The molecular formula is C13H18O. The van der Waals surface area contributed by atoms with Crippen LogP contribution in [0.2, 0.25) is 0 Å². The van der Waals surface area contributed by atoms with Crippen LogP contribution >= 0.6 is 0 Å². The lowest BCUT2D eigenvalue weighted by Crippen LogP contribution is -1.89. The monoisotopic (exact) mass is 190 g/mol. The summed E-state index contributed by atoms with van der Waals surface area (Å²) in [5.74, 6) is 0.263. The Hall–Kier alpha value is -1.50. The normalized spacial score (nSPS) is 14.9. The Balaban J connectivity index is 5.32. The molecule has 14 heavy (non-hydrogen) atoms. The first-order valence-electron chi connectivity index (χ1n) is 4.69. The molecule has 0 aliphatic carbocycles. The van der Waals surface area contributed by atoms with Crippen LogP contribution in [-0.2, 0) is 0 Å². The first kappa shape index (κ1) is 12.5. The number of aliphatic hydroxyl groups is 1. The van der Waals surface area contributed by atoms with Crippen LogP contribution in [0.5, 0.6) is 0 Å². The van der Waals surface area contributed by atoms with Crippen molar-refractivity contribution >= 4 is 0 Å². The van der Waals surface area contributed by atoms with Gasteiger partial charge in [0.25, 0.3) is 0 Å². The van der Waals surface area contributed by atoms with Crippen molar-refractivity contribution in [3.63, 3.8) is 0 Å². The highest BCUT2D eigenvalue weighted by atomic mass is 16.3. The van der Waals surface area contributed by atoms with Crippen molar-refractivity contribution in [3.05, 3.63) is 59.9 Å². The van der Waals surface area contributed by atoms with E-state index < -0.39 is 0 Å². The summed E-state index contributed by atoms with van der Waals surface area (Å²) in [5, 5.41) is 9.73. The average molecular weight is 190 g/mol. The third-order valence-electron chi connectivity index (χ3n) is 1.78. The number of hydrogen-bond acceptors (Lipinski definition) is 1. The molecule has 0 aromatic heterocycles. The molecule has 0 amide bonds. The minimum atomic E-state index is 0.263. The maximum atomic E-state index is 9.73. The fraction of sp³-hybridized carbons (Fsp3) is 0.231. The first-order chi connectivity index (χ1) is 6.71. The van der Waals surface area contributed by atoms with Crippen molar-refractivity contribution in [2.24, 2.45) is 0 Å².